The molecule has 1 aliphatic heterocycles. The average molecular weight is 307 g/mol. The number of halogens is 1. The molecule has 2 unspecified atom stereocenters. The number of aliphatic hydroxyl groups is 2. The second-order valence-electron chi connectivity index (χ2n) is 3.84. The summed E-state index contributed by atoms with van der Waals surface area (Å²) in [6, 6.07) is 1.15. The lowest BCUT2D eigenvalue weighted by Gasteiger charge is -2.17. The Balaban J connectivity index is 2.46. The normalized spacial score (nSPS) is 32.9. The molecule has 1 fully saturated rings. The van der Waals surface area contributed by atoms with Crippen molar-refractivity contribution in [3.63, 3.8) is 0 Å². The number of nitrogens with zero attached hydrogens (tertiary/aromatic N) is 2. The van der Waals surface area contributed by atoms with Crippen LogP contribution in [0.2, 0.25) is 0 Å². The largest absolute Gasteiger partial charge is 0.388 e. The summed E-state index contributed by atoms with van der Waals surface area (Å²) in [6.07, 6.45) is -2.65. The highest BCUT2D eigenvalue weighted by Gasteiger charge is 2.41. The molecule has 1 aliphatic rings. The van der Waals surface area contributed by atoms with Crippen molar-refractivity contribution in [2.24, 2.45) is 0 Å². The fraction of sp³-hybridized carbons (Fsp3) is 0.556. The van der Waals surface area contributed by atoms with Gasteiger partial charge in [0.15, 0.2) is 6.23 Å². The van der Waals surface area contributed by atoms with Crippen molar-refractivity contribution >= 4 is 16.1 Å². The van der Waals surface area contributed by atoms with Gasteiger partial charge in [-0.1, -0.05) is 0 Å². The fourth-order valence-electron chi connectivity index (χ4n) is 1.72. The van der Waals surface area contributed by atoms with Crippen LogP contribution < -0.4 is 11.2 Å². The predicted molar refractivity (Wildman–Crippen MR) is 60.9 cm³/mol. The van der Waals surface area contributed by atoms with Gasteiger partial charge in [0.05, 0.1) is 22.3 Å². The molecule has 0 spiro atoms. The number of aliphatic hydroxyl groups excluding tert-OH is 2. The number of aromatic nitrogens is 2. The van der Waals surface area contributed by atoms with E-state index in [9.17, 15) is 19.8 Å². The smallest absolute Gasteiger partial charge is 0.343 e. The third-order valence-electron chi connectivity index (χ3n) is 2.71. The molecular formula is C9H11BrN2O5. The number of hydrogen-bond donors (Lipinski definition) is 2. The molecule has 1 aromatic heterocycles. The van der Waals surface area contributed by atoms with Gasteiger partial charge >= 0.3 is 5.69 Å². The van der Waals surface area contributed by atoms with E-state index in [1.165, 1.54) is 6.20 Å². The Hall–Kier alpha value is -0.960. The highest BCUT2D eigenvalue weighted by molar-refractivity contribution is 9.08. The second kappa shape index (κ2) is 4.37. The number of hydrogen-bond acceptors (Lipinski definition) is 5. The fourth-order valence-corrected chi connectivity index (χ4v) is 2.02. The molecule has 2 N–H and O–H groups in total. The maximum Gasteiger partial charge on any atom is 0.343 e. The first kappa shape index (κ1) is 12.5. The molecule has 0 amide bonds. The number of ether oxygens (including phenoxy) is 1. The minimum absolute atomic E-state index is 0.521. The van der Waals surface area contributed by atoms with E-state index < -0.39 is 35.8 Å². The van der Waals surface area contributed by atoms with Crippen LogP contribution in [0.5, 0.6) is 0 Å². The molecule has 7 nitrogen and oxygen atoms in total. The molecule has 0 saturated carbocycles. The van der Waals surface area contributed by atoms with Gasteiger partial charge in [0.2, 0.25) is 0 Å². The molecule has 0 aliphatic carbocycles. The Kier molecular flexibility index (Phi) is 3.21. The Morgan fingerprint density at radius 2 is 2.00 bits per heavy atom. The third kappa shape index (κ3) is 1.97. The monoisotopic (exact) mass is 306 g/mol. The second-order valence-corrected chi connectivity index (χ2v) is 4.55. The molecule has 2 heterocycles. The zero-order chi connectivity index (χ0) is 12.7. The summed E-state index contributed by atoms with van der Waals surface area (Å²) in [5.41, 5.74) is -1.20. The lowest BCUT2D eigenvalue weighted by atomic mass is 10.1. The minimum Gasteiger partial charge on any atom is -0.388 e. The molecular weight excluding hydrogens is 296 g/mol. The molecule has 4 atom stereocenters. The molecule has 0 radical (unpaired) electrons. The van der Waals surface area contributed by atoms with Crippen molar-refractivity contribution in [1.29, 1.82) is 0 Å². The van der Waals surface area contributed by atoms with Gasteiger partial charge in [0.25, 0.3) is 5.56 Å². The average Bonchev–Trinajstić information content (AvgIpc) is 2.54. The predicted octanol–water partition coefficient (Wildman–Crippen LogP) is -1.19. The summed E-state index contributed by atoms with van der Waals surface area (Å²) in [5, 5.41) is 19.3. The van der Waals surface area contributed by atoms with E-state index >= 15 is 0 Å². The molecule has 8 heteroatoms. The summed E-state index contributed by atoms with van der Waals surface area (Å²) in [5.74, 6) is 0. The van der Waals surface area contributed by atoms with E-state index in [-0.39, 0.29) is 0 Å². The van der Waals surface area contributed by atoms with E-state index in [1.54, 1.807) is 6.92 Å². The lowest BCUT2D eigenvalue weighted by molar-refractivity contribution is -0.0352. The quantitative estimate of drug-likeness (QED) is 0.680. The first-order valence-electron chi connectivity index (χ1n) is 4.95. The highest BCUT2D eigenvalue weighted by Crippen LogP contribution is 2.27. The van der Waals surface area contributed by atoms with Crippen LogP contribution in [-0.2, 0) is 4.74 Å². The first-order chi connectivity index (χ1) is 7.93. The molecule has 1 saturated heterocycles. The van der Waals surface area contributed by atoms with E-state index in [1.807, 2.05) is 0 Å². The maximum atomic E-state index is 11.7. The van der Waals surface area contributed by atoms with E-state index in [2.05, 4.69) is 16.1 Å². The van der Waals surface area contributed by atoms with Crippen molar-refractivity contribution in [1.82, 2.24) is 8.16 Å². The molecule has 0 bridgehead atoms. The van der Waals surface area contributed by atoms with Gasteiger partial charge in [0, 0.05) is 12.3 Å². The van der Waals surface area contributed by atoms with Gasteiger partial charge in [0.1, 0.15) is 12.2 Å². The lowest BCUT2D eigenvalue weighted by Crippen LogP contribution is -2.40. The standard InChI is InChI=1S/C9H11BrN2O5/c1-4-6(14)7(15)8(17-4)11-3-2-5(13)12(10)9(11)16/h2-4,6-8,14-15H,1H3/t4-,6?,7?,8-/m0/s1. The number of rotatable bonds is 1. The summed E-state index contributed by atoms with van der Waals surface area (Å²) < 4.78 is 7.04. The van der Waals surface area contributed by atoms with Gasteiger partial charge in [-0.25, -0.2) is 4.79 Å². The van der Waals surface area contributed by atoms with Crippen LogP contribution in [0.25, 0.3) is 0 Å². The maximum absolute atomic E-state index is 11.7. The van der Waals surface area contributed by atoms with Gasteiger partial charge in [-0.15, -0.1) is 0 Å². The van der Waals surface area contributed by atoms with Crippen molar-refractivity contribution in [2.45, 2.75) is 31.5 Å². The van der Waals surface area contributed by atoms with Crippen LogP contribution >= 0.6 is 16.1 Å². The van der Waals surface area contributed by atoms with Crippen LogP contribution in [0.15, 0.2) is 21.9 Å². The summed E-state index contributed by atoms with van der Waals surface area (Å²) in [6.45, 7) is 1.59. The SMILES string of the molecule is C[C@@H]1O[C@H](n2ccc(=O)n(Br)c2=O)C(O)C1O. The zero-order valence-electron chi connectivity index (χ0n) is 8.86. The Bertz CT molecular complexity index is 539. The van der Waals surface area contributed by atoms with Crippen molar-refractivity contribution < 1.29 is 14.9 Å². The molecule has 0 aromatic carbocycles. The van der Waals surface area contributed by atoms with Crippen LogP contribution in [-0.4, -0.2) is 36.7 Å². The Morgan fingerprint density at radius 3 is 2.53 bits per heavy atom. The molecule has 94 valence electrons. The van der Waals surface area contributed by atoms with Gasteiger partial charge in [-0.3, -0.25) is 9.36 Å². The van der Waals surface area contributed by atoms with Gasteiger partial charge in [-0.2, -0.15) is 3.59 Å². The third-order valence-corrected chi connectivity index (χ3v) is 3.36. The van der Waals surface area contributed by atoms with E-state index in [0.717, 1.165) is 14.2 Å². The van der Waals surface area contributed by atoms with Gasteiger partial charge in [-0.05, 0) is 6.92 Å². The van der Waals surface area contributed by atoms with E-state index in [0.29, 0.717) is 0 Å². The first-order valence-corrected chi connectivity index (χ1v) is 5.66. The summed E-state index contributed by atoms with van der Waals surface area (Å²) >= 11 is 2.80. The topological polar surface area (TPSA) is 93.7 Å². The van der Waals surface area contributed by atoms with Crippen LogP contribution in [0.3, 0.4) is 0 Å². The van der Waals surface area contributed by atoms with Crippen molar-refractivity contribution in [3.05, 3.63) is 33.1 Å². The minimum atomic E-state index is -1.22. The van der Waals surface area contributed by atoms with Crippen molar-refractivity contribution in [3.8, 4) is 0 Å². The zero-order valence-corrected chi connectivity index (χ0v) is 10.4. The van der Waals surface area contributed by atoms with Crippen molar-refractivity contribution in [2.75, 3.05) is 0 Å². The van der Waals surface area contributed by atoms with Gasteiger partial charge < -0.3 is 14.9 Å². The van der Waals surface area contributed by atoms with Crippen LogP contribution in [0.4, 0.5) is 0 Å². The molecule has 1 aromatic rings. The highest BCUT2D eigenvalue weighted by atomic mass is 79.9. The summed E-state index contributed by atoms with van der Waals surface area (Å²) in [4.78, 5) is 22.9. The van der Waals surface area contributed by atoms with E-state index in [4.69, 9.17) is 4.74 Å². The Labute approximate surface area is 104 Å². The van der Waals surface area contributed by atoms with Crippen LogP contribution in [0, 0.1) is 0 Å². The Morgan fingerprint density at radius 1 is 1.35 bits per heavy atom. The van der Waals surface area contributed by atoms with Crippen LogP contribution in [0.1, 0.15) is 13.2 Å². The summed E-state index contributed by atoms with van der Waals surface area (Å²) in [7, 11) is 0. The molecule has 17 heavy (non-hydrogen) atoms. The molecule has 2 rings (SSSR count).